The van der Waals surface area contributed by atoms with E-state index in [-0.39, 0.29) is 5.60 Å². The van der Waals surface area contributed by atoms with Crippen molar-refractivity contribution in [3.8, 4) is 0 Å². The first-order valence-electron chi connectivity index (χ1n) is 5.02. The molecule has 3 rings (SSSR count). The Labute approximate surface area is 73.2 Å². The molecule has 0 aromatic carbocycles. The van der Waals surface area contributed by atoms with Crippen molar-refractivity contribution in [3.63, 3.8) is 0 Å². The largest absolute Gasteiger partial charge is 0.370 e. The molecule has 0 N–H and O–H groups in total. The zero-order valence-electron chi connectivity index (χ0n) is 7.75. The van der Waals surface area contributed by atoms with Gasteiger partial charge in [0.05, 0.1) is 23.9 Å². The van der Waals surface area contributed by atoms with E-state index in [0.29, 0.717) is 18.3 Å². The SMILES string of the molecule is CC1OC1C1CCC2(C)OC2C1. The van der Waals surface area contributed by atoms with Crippen molar-refractivity contribution in [1.29, 1.82) is 0 Å². The van der Waals surface area contributed by atoms with Crippen LogP contribution in [0.5, 0.6) is 0 Å². The molecule has 2 saturated heterocycles. The molecule has 3 fully saturated rings. The van der Waals surface area contributed by atoms with E-state index in [1.807, 2.05) is 0 Å². The molecule has 0 aromatic heterocycles. The van der Waals surface area contributed by atoms with E-state index in [4.69, 9.17) is 9.47 Å². The lowest BCUT2D eigenvalue weighted by molar-refractivity contribution is 0.263. The number of epoxide rings is 2. The summed E-state index contributed by atoms with van der Waals surface area (Å²) in [5, 5.41) is 0. The van der Waals surface area contributed by atoms with Gasteiger partial charge in [0.2, 0.25) is 0 Å². The Hall–Kier alpha value is -0.0800. The van der Waals surface area contributed by atoms with Crippen LogP contribution in [0.15, 0.2) is 0 Å². The van der Waals surface area contributed by atoms with Crippen molar-refractivity contribution < 1.29 is 9.47 Å². The van der Waals surface area contributed by atoms with E-state index in [2.05, 4.69) is 13.8 Å². The van der Waals surface area contributed by atoms with Gasteiger partial charge in [-0.1, -0.05) is 0 Å². The van der Waals surface area contributed by atoms with Crippen molar-refractivity contribution in [2.75, 3.05) is 0 Å². The molecule has 0 spiro atoms. The predicted molar refractivity (Wildman–Crippen MR) is 45.0 cm³/mol. The van der Waals surface area contributed by atoms with Gasteiger partial charge in [-0.2, -0.15) is 0 Å². The van der Waals surface area contributed by atoms with Crippen molar-refractivity contribution in [3.05, 3.63) is 0 Å². The molecule has 0 bridgehead atoms. The second kappa shape index (κ2) is 2.05. The fraction of sp³-hybridized carbons (Fsp3) is 1.00. The molecule has 0 aromatic rings. The molecular weight excluding hydrogens is 152 g/mol. The van der Waals surface area contributed by atoms with E-state index in [0.717, 1.165) is 5.92 Å². The minimum Gasteiger partial charge on any atom is -0.370 e. The first-order chi connectivity index (χ1) is 5.69. The van der Waals surface area contributed by atoms with Gasteiger partial charge in [-0.05, 0) is 39.0 Å². The van der Waals surface area contributed by atoms with Gasteiger partial charge in [0.1, 0.15) is 0 Å². The van der Waals surface area contributed by atoms with Crippen LogP contribution in [-0.2, 0) is 9.47 Å². The van der Waals surface area contributed by atoms with Crippen molar-refractivity contribution in [1.82, 2.24) is 0 Å². The van der Waals surface area contributed by atoms with E-state index in [1.54, 1.807) is 0 Å². The van der Waals surface area contributed by atoms with Gasteiger partial charge in [-0.15, -0.1) is 0 Å². The Bertz CT molecular complexity index is 216. The maximum Gasteiger partial charge on any atom is 0.0920 e. The second-order valence-electron chi connectivity index (χ2n) is 4.76. The smallest absolute Gasteiger partial charge is 0.0920 e. The van der Waals surface area contributed by atoms with Crippen LogP contribution < -0.4 is 0 Å². The maximum atomic E-state index is 5.65. The third-order valence-corrected chi connectivity index (χ3v) is 3.79. The summed E-state index contributed by atoms with van der Waals surface area (Å²) in [6.45, 7) is 4.41. The molecule has 2 aliphatic heterocycles. The van der Waals surface area contributed by atoms with Gasteiger partial charge < -0.3 is 9.47 Å². The summed E-state index contributed by atoms with van der Waals surface area (Å²) in [4.78, 5) is 0. The predicted octanol–water partition coefficient (Wildman–Crippen LogP) is 1.73. The van der Waals surface area contributed by atoms with Gasteiger partial charge in [-0.25, -0.2) is 0 Å². The summed E-state index contributed by atoms with van der Waals surface area (Å²) < 4.78 is 11.2. The molecule has 2 nitrogen and oxygen atoms in total. The molecule has 0 amide bonds. The Kier molecular flexibility index (Phi) is 1.25. The highest BCUT2D eigenvalue weighted by Gasteiger charge is 2.58. The molecule has 12 heavy (non-hydrogen) atoms. The molecule has 5 atom stereocenters. The maximum absolute atomic E-state index is 5.65. The molecule has 2 heteroatoms. The molecule has 3 aliphatic rings. The molecule has 0 radical (unpaired) electrons. The summed E-state index contributed by atoms with van der Waals surface area (Å²) in [7, 11) is 0. The van der Waals surface area contributed by atoms with Crippen molar-refractivity contribution in [2.45, 2.75) is 57.0 Å². The van der Waals surface area contributed by atoms with E-state index >= 15 is 0 Å². The van der Waals surface area contributed by atoms with Crippen LogP contribution in [0.25, 0.3) is 0 Å². The summed E-state index contributed by atoms with van der Waals surface area (Å²) in [5.74, 6) is 0.792. The molecule has 2 heterocycles. The quantitative estimate of drug-likeness (QED) is 0.557. The Balaban J connectivity index is 1.63. The topological polar surface area (TPSA) is 25.1 Å². The third-order valence-electron chi connectivity index (χ3n) is 3.79. The van der Waals surface area contributed by atoms with E-state index < -0.39 is 0 Å². The van der Waals surface area contributed by atoms with Gasteiger partial charge in [0, 0.05) is 0 Å². The summed E-state index contributed by atoms with van der Waals surface area (Å²) in [5.41, 5.74) is 0.272. The molecule has 5 unspecified atom stereocenters. The molecular formula is C10H16O2. The van der Waals surface area contributed by atoms with Crippen LogP contribution in [0.2, 0.25) is 0 Å². The third kappa shape index (κ3) is 0.944. The minimum absolute atomic E-state index is 0.272. The van der Waals surface area contributed by atoms with E-state index in [1.165, 1.54) is 19.3 Å². The first-order valence-corrected chi connectivity index (χ1v) is 5.02. The van der Waals surface area contributed by atoms with E-state index in [9.17, 15) is 0 Å². The summed E-state index contributed by atoms with van der Waals surface area (Å²) in [6.07, 6.45) is 5.45. The summed E-state index contributed by atoms with van der Waals surface area (Å²) >= 11 is 0. The molecule has 68 valence electrons. The van der Waals surface area contributed by atoms with Crippen molar-refractivity contribution in [2.24, 2.45) is 5.92 Å². The number of rotatable bonds is 1. The Morgan fingerprint density at radius 3 is 2.75 bits per heavy atom. The number of ether oxygens (including phenoxy) is 2. The number of hydrogen-bond acceptors (Lipinski definition) is 2. The lowest BCUT2D eigenvalue weighted by Gasteiger charge is -2.20. The first kappa shape index (κ1) is 7.34. The van der Waals surface area contributed by atoms with Gasteiger partial charge in [0.25, 0.3) is 0 Å². The van der Waals surface area contributed by atoms with Gasteiger partial charge in [-0.3, -0.25) is 0 Å². The van der Waals surface area contributed by atoms with Crippen LogP contribution in [0.1, 0.15) is 33.1 Å². The zero-order valence-corrected chi connectivity index (χ0v) is 7.75. The lowest BCUT2D eigenvalue weighted by atomic mass is 9.81. The standard InChI is InChI=1S/C10H16O2/c1-6-9(11-6)7-3-4-10(2)8(5-7)12-10/h6-9H,3-5H2,1-2H3. The zero-order chi connectivity index (χ0) is 8.34. The van der Waals surface area contributed by atoms with Crippen LogP contribution >= 0.6 is 0 Å². The summed E-state index contributed by atoms with van der Waals surface area (Å²) in [6, 6.07) is 0. The van der Waals surface area contributed by atoms with Crippen LogP contribution in [-0.4, -0.2) is 23.9 Å². The average Bonchev–Trinajstić information content (AvgIpc) is 2.85. The fourth-order valence-electron chi connectivity index (χ4n) is 2.67. The highest BCUT2D eigenvalue weighted by atomic mass is 16.6. The highest BCUT2D eigenvalue weighted by molar-refractivity contribution is 5.06. The van der Waals surface area contributed by atoms with Crippen molar-refractivity contribution >= 4 is 0 Å². The number of fused-ring (bicyclic) bond motifs is 1. The minimum atomic E-state index is 0.272. The number of hydrogen-bond donors (Lipinski definition) is 0. The fourth-order valence-corrected chi connectivity index (χ4v) is 2.67. The Morgan fingerprint density at radius 1 is 1.42 bits per heavy atom. The normalized spacial score (nSPS) is 62.5. The average molecular weight is 168 g/mol. The molecule has 1 aliphatic carbocycles. The highest BCUT2D eigenvalue weighted by Crippen LogP contribution is 2.52. The van der Waals surface area contributed by atoms with Gasteiger partial charge in [0.15, 0.2) is 0 Å². The van der Waals surface area contributed by atoms with Gasteiger partial charge >= 0.3 is 0 Å². The van der Waals surface area contributed by atoms with Crippen LogP contribution in [0.3, 0.4) is 0 Å². The van der Waals surface area contributed by atoms with Crippen LogP contribution in [0, 0.1) is 5.92 Å². The van der Waals surface area contributed by atoms with Crippen LogP contribution in [0.4, 0.5) is 0 Å². The molecule has 1 saturated carbocycles. The monoisotopic (exact) mass is 168 g/mol. The lowest BCUT2D eigenvalue weighted by Crippen LogP contribution is -2.24. The Morgan fingerprint density at radius 2 is 2.17 bits per heavy atom. The second-order valence-corrected chi connectivity index (χ2v) is 4.76.